The van der Waals surface area contributed by atoms with Crippen LogP contribution in [0.3, 0.4) is 0 Å². The molecule has 1 amide bonds. The lowest BCUT2D eigenvalue weighted by Crippen LogP contribution is -2.38. The lowest BCUT2D eigenvalue weighted by atomic mass is 9.86. The number of aromatic nitrogens is 1. The first-order valence-electron chi connectivity index (χ1n) is 11.2. The van der Waals surface area contributed by atoms with E-state index in [1.54, 1.807) is 19.4 Å². The Morgan fingerprint density at radius 1 is 1.12 bits per heavy atom. The lowest BCUT2D eigenvalue weighted by molar-refractivity contribution is 0.0514. The van der Waals surface area contributed by atoms with Gasteiger partial charge < -0.3 is 20.1 Å². The van der Waals surface area contributed by atoms with Crippen LogP contribution in [0.5, 0.6) is 5.75 Å². The number of rotatable bonds is 7. The molecule has 7 heteroatoms. The van der Waals surface area contributed by atoms with E-state index >= 15 is 0 Å². The van der Waals surface area contributed by atoms with Crippen LogP contribution in [-0.4, -0.2) is 36.4 Å². The first-order valence-corrected chi connectivity index (χ1v) is 11.2. The molecular formula is C25H34FN3O3. The number of carbonyl (C=O) groups is 1. The van der Waals surface area contributed by atoms with Gasteiger partial charge in [-0.1, -0.05) is 6.07 Å². The second kappa shape index (κ2) is 10.8. The van der Waals surface area contributed by atoms with E-state index < -0.39 is 11.5 Å². The van der Waals surface area contributed by atoms with E-state index in [9.17, 15) is 9.18 Å². The van der Waals surface area contributed by atoms with Gasteiger partial charge in [0.25, 0.3) is 0 Å². The lowest BCUT2D eigenvalue weighted by Gasteiger charge is -2.30. The molecule has 3 rings (SSSR count). The molecule has 0 unspecified atom stereocenters. The van der Waals surface area contributed by atoms with Gasteiger partial charge in [-0.25, -0.2) is 9.78 Å². The average Bonchev–Trinajstić information content (AvgIpc) is 2.76. The molecule has 0 saturated heterocycles. The highest BCUT2D eigenvalue weighted by Crippen LogP contribution is 2.28. The van der Waals surface area contributed by atoms with Crippen LogP contribution in [0.15, 0.2) is 36.5 Å². The first kappa shape index (κ1) is 24.0. The number of hydrogen-bond acceptors (Lipinski definition) is 5. The van der Waals surface area contributed by atoms with Crippen LogP contribution >= 0.6 is 0 Å². The number of methoxy groups -OCH3 is 1. The minimum absolute atomic E-state index is 0.346. The SMILES string of the molecule is COc1ccc(-c2ccc(F)nc2)cc1CNC1CCC(CNC(=O)OC(C)(C)C)CC1. The van der Waals surface area contributed by atoms with Crippen molar-refractivity contribution in [1.29, 1.82) is 0 Å². The molecule has 0 atom stereocenters. The molecule has 1 aliphatic rings. The second-order valence-corrected chi connectivity index (χ2v) is 9.38. The zero-order valence-electron chi connectivity index (χ0n) is 19.4. The van der Waals surface area contributed by atoms with Crippen LogP contribution in [-0.2, 0) is 11.3 Å². The molecule has 2 aromatic rings. The summed E-state index contributed by atoms with van der Waals surface area (Å²) < 4.78 is 24.0. The average molecular weight is 444 g/mol. The highest BCUT2D eigenvalue weighted by molar-refractivity contribution is 5.67. The van der Waals surface area contributed by atoms with Crippen LogP contribution in [0.25, 0.3) is 11.1 Å². The van der Waals surface area contributed by atoms with Gasteiger partial charge in [0.2, 0.25) is 5.95 Å². The topological polar surface area (TPSA) is 72.5 Å². The third-order valence-electron chi connectivity index (χ3n) is 5.70. The number of hydrogen-bond donors (Lipinski definition) is 2. The Hall–Kier alpha value is -2.67. The monoisotopic (exact) mass is 443 g/mol. The quantitative estimate of drug-likeness (QED) is 0.585. The molecule has 1 aliphatic carbocycles. The van der Waals surface area contributed by atoms with Crippen LogP contribution in [0.1, 0.15) is 52.0 Å². The Kier molecular flexibility index (Phi) is 8.07. The molecule has 174 valence electrons. The molecule has 1 fully saturated rings. The smallest absolute Gasteiger partial charge is 0.407 e. The summed E-state index contributed by atoms with van der Waals surface area (Å²) in [7, 11) is 1.67. The molecule has 1 heterocycles. The van der Waals surface area contributed by atoms with Gasteiger partial charge >= 0.3 is 6.09 Å². The second-order valence-electron chi connectivity index (χ2n) is 9.38. The van der Waals surface area contributed by atoms with Crippen molar-refractivity contribution in [3.63, 3.8) is 0 Å². The van der Waals surface area contributed by atoms with Gasteiger partial charge in [0.1, 0.15) is 11.4 Å². The summed E-state index contributed by atoms with van der Waals surface area (Å²) in [5, 5.41) is 6.54. The Labute approximate surface area is 189 Å². The van der Waals surface area contributed by atoms with Gasteiger partial charge in [0.15, 0.2) is 0 Å². The maximum Gasteiger partial charge on any atom is 0.407 e. The number of nitrogens with zero attached hydrogens (tertiary/aromatic N) is 1. The van der Waals surface area contributed by atoms with Gasteiger partial charge in [0.05, 0.1) is 7.11 Å². The molecule has 0 radical (unpaired) electrons. The van der Waals surface area contributed by atoms with E-state index in [0.717, 1.165) is 48.1 Å². The molecule has 1 aromatic carbocycles. The van der Waals surface area contributed by atoms with Crippen molar-refractivity contribution in [2.75, 3.05) is 13.7 Å². The molecule has 0 aliphatic heterocycles. The standard InChI is InChI=1S/C25H34FN3O3/c1-25(2,3)32-24(30)29-14-17-5-9-21(10-6-17)27-16-20-13-18(7-11-22(20)31-4)19-8-12-23(26)28-15-19/h7-8,11-13,15,17,21,27H,5-6,9-10,14,16H2,1-4H3,(H,29,30). The number of benzene rings is 1. The van der Waals surface area contributed by atoms with Gasteiger partial charge in [-0.05, 0) is 82.2 Å². The third kappa shape index (κ3) is 7.19. The Morgan fingerprint density at radius 3 is 2.47 bits per heavy atom. The van der Waals surface area contributed by atoms with Gasteiger partial charge in [-0.3, -0.25) is 0 Å². The van der Waals surface area contributed by atoms with Crippen molar-refractivity contribution >= 4 is 6.09 Å². The fourth-order valence-corrected chi connectivity index (χ4v) is 4.01. The van der Waals surface area contributed by atoms with Crippen molar-refractivity contribution < 1.29 is 18.7 Å². The van der Waals surface area contributed by atoms with Gasteiger partial charge in [0, 0.05) is 36.5 Å². The zero-order valence-corrected chi connectivity index (χ0v) is 19.4. The highest BCUT2D eigenvalue weighted by Gasteiger charge is 2.23. The van der Waals surface area contributed by atoms with Crippen molar-refractivity contribution in [2.24, 2.45) is 5.92 Å². The Bertz CT molecular complexity index is 888. The highest BCUT2D eigenvalue weighted by atomic mass is 19.1. The predicted molar refractivity (Wildman–Crippen MR) is 123 cm³/mol. The van der Waals surface area contributed by atoms with E-state index in [4.69, 9.17) is 9.47 Å². The summed E-state index contributed by atoms with van der Waals surface area (Å²) in [4.78, 5) is 15.6. The minimum Gasteiger partial charge on any atom is -0.496 e. The number of ether oxygens (including phenoxy) is 2. The largest absolute Gasteiger partial charge is 0.496 e. The molecule has 0 bridgehead atoms. The molecule has 1 saturated carbocycles. The Morgan fingerprint density at radius 2 is 1.84 bits per heavy atom. The van der Waals surface area contributed by atoms with E-state index in [0.29, 0.717) is 25.0 Å². The molecule has 0 spiro atoms. The first-order chi connectivity index (χ1) is 15.2. The normalized spacial score (nSPS) is 18.8. The van der Waals surface area contributed by atoms with E-state index in [2.05, 4.69) is 21.7 Å². The van der Waals surface area contributed by atoms with Gasteiger partial charge in [-0.15, -0.1) is 0 Å². The third-order valence-corrected chi connectivity index (χ3v) is 5.70. The number of pyridine rings is 1. The number of amides is 1. The van der Waals surface area contributed by atoms with Crippen LogP contribution in [0, 0.1) is 11.9 Å². The summed E-state index contributed by atoms with van der Waals surface area (Å²) in [6.45, 7) is 6.94. The maximum atomic E-state index is 13.1. The van der Waals surface area contributed by atoms with Gasteiger partial charge in [-0.2, -0.15) is 4.39 Å². The van der Waals surface area contributed by atoms with E-state index in [-0.39, 0.29) is 6.09 Å². The van der Waals surface area contributed by atoms with Crippen molar-refractivity contribution in [3.05, 3.63) is 48.0 Å². The molecule has 2 N–H and O–H groups in total. The predicted octanol–water partition coefficient (Wildman–Crippen LogP) is 5.07. The summed E-state index contributed by atoms with van der Waals surface area (Å²) >= 11 is 0. The number of alkyl carbamates (subject to hydrolysis) is 1. The van der Waals surface area contributed by atoms with E-state index in [1.165, 1.54) is 6.07 Å². The van der Waals surface area contributed by atoms with Crippen molar-refractivity contribution in [3.8, 4) is 16.9 Å². The number of nitrogens with one attached hydrogen (secondary N) is 2. The molecular weight excluding hydrogens is 409 g/mol. The van der Waals surface area contributed by atoms with Crippen molar-refractivity contribution in [1.82, 2.24) is 15.6 Å². The fourth-order valence-electron chi connectivity index (χ4n) is 4.01. The van der Waals surface area contributed by atoms with E-state index in [1.807, 2.05) is 32.9 Å². The summed E-state index contributed by atoms with van der Waals surface area (Å²) in [5.74, 6) is 0.817. The Balaban J connectivity index is 1.49. The minimum atomic E-state index is -0.485. The van der Waals surface area contributed by atoms with Crippen LogP contribution < -0.4 is 15.4 Å². The van der Waals surface area contributed by atoms with Crippen molar-refractivity contribution in [2.45, 2.75) is 64.6 Å². The summed E-state index contributed by atoms with van der Waals surface area (Å²) in [6, 6.07) is 9.49. The fraction of sp³-hybridized carbons (Fsp3) is 0.520. The molecule has 6 nitrogen and oxygen atoms in total. The maximum absolute atomic E-state index is 13.1. The van der Waals surface area contributed by atoms with Crippen LogP contribution in [0.2, 0.25) is 0 Å². The number of carbonyl (C=O) groups excluding carboxylic acids is 1. The molecule has 1 aromatic heterocycles. The summed E-state index contributed by atoms with van der Waals surface area (Å²) in [6.07, 6.45) is 5.44. The molecule has 32 heavy (non-hydrogen) atoms. The number of halogens is 1. The zero-order chi connectivity index (χ0) is 23.1. The summed E-state index contributed by atoms with van der Waals surface area (Å²) in [5.41, 5.74) is 2.43. The van der Waals surface area contributed by atoms with Crippen LogP contribution in [0.4, 0.5) is 9.18 Å².